The van der Waals surface area contributed by atoms with E-state index in [-0.39, 0.29) is 11.3 Å². The number of rotatable bonds is 3. The number of primary amides is 1. The van der Waals surface area contributed by atoms with Crippen LogP contribution < -0.4 is 5.73 Å². The molecule has 1 amide bonds. The first kappa shape index (κ1) is 15.1. The Hall–Kier alpha value is -2.31. The molecule has 1 heterocycles. The molecule has 0 radical (unpaired) electrons. The van der Waals surface area contributed by atoms with Gasteiger partial charge in [-0.2, -0.15) is 0 Å². The zero-order valence-corrected chi connectivity index (χ0v) is 12.2. The van der Waals surface area contributed by atoms with Crippen molar-refractivity contribution < 1.29 is 13.6 Å². The summed E-state index contributed by atoms with van der Waals surface area (Å²) in [6.45, 7) is 6.39. The minimum absolute atomic E-state index is 0.00787. The lowest BCUT2D eigenvalue weighted by molar-refractivity contribution is 0.0995. The molecule has 1 aromatic carbocycles. The van der Waals surface area contributed by atoms with Crippen molar-refractivity contribution in [1.29, 1.82) is 0 Å². The zero-order chi connectivity index (χ0) is 15.9. The summed E-state index contributed by atoms with van der Waals surface area (Å²) in [5.41, 5.74) is 6.34. The van der Waals surface area contributed by atoms with Gasteiger partial charge in [0, 0.05) is 5.56 Å². The third-order valence-corrected chi connectivity index (χ3v) is 3.70. The summed E-state index contributed by atoms with van der Waals surface area (Å²) in [6.07, 6.45) is 0. The summed E-state index contributed by atoms with van der Waals surface area (Å²) in [7, 11) is 0. The molecule has 5 nitrogen and oxygen atoms in total. The van der Waals surface area contributed by atoms with Crippen molar-refractivity contribution in [2.75, 3.05) is 0 Å². The van der Waals surface area contributed by atoms with E-state index >= 15 is 0 Å². The van der Waals surface area contributed by atoms with Gasteiger partial charge in [-0.05, 0) is 44.9 Å². The van der Waals surface area contributed by atoms with Gasteiger partial charge in [0.1, 0.15) is 11.6 Å². The SMILES string of the molecule is Cc1cc(F)c(C(C)n2nnc(C(N)=O)c2C)c(F)c1C. The number of nitrogens with two attached hydrogens (primary N) is 1. The summed E-state index contributed by atoms with van der Waals surface area (Å²) < 4.78 is 29.8. The van der Waals surface area contributed by atoms with Gasteiger partial charge in [-0.25, -0.2) is 13.5 Å². The highest BCUT2D eigenvalue weighted by Crippen LogP contribution is 2.28. The molecular formula is C14H16F2N4O. The molecule has 0 saturated carbocycles. The van der Waals surface area contributed by atoms with Gasteiger partial charge in [0.2, 0.25) is 0 Å². The van der Waals surface area contributed by atoms with Gasteiger partial charge in [-0.1, -0.05) is 5.21 Å². The number of carbonyl (C=O) groups excluding carboxylic acids is 1. The zero-order valence-electron chi connectivity index (χ0n) is 12.2. The summed E-state index contributed by atoms with van der Waals surface area (Å²) in [5, 5.41) is 7.43. The average molecular weight is 294 g/mol. The fourth-order valence-electron chi connectivity index (χ4n) is 2.30. The summed E-state index contributed by atoms with van der Waals surface area (Å²) >= 11 is 0. The molecule has 0 saturated heterocycles. The van der Waals surface area contributed by atoms with Crippen LogP contribution in [0, 0.1) is 32.4 Å². The standard InChI is InChI=1S/C14H16F2N4O/c1-6-5-10(15)11(12(16)7(6)2)8(3)20-9(4)13(14(17)21)18-19-20/h5,8H,1-4H3,(H2,17,21). The Bertz CT molecular complexity index is 724. The van der Waals surface area contributed by atoms with Crippen molar-refractivity contribution in [2.24, 2.45) is 5.73 Å². The summed E-state index contributed by atoms with van der Waals surface area (Å²) in [4.78, 5) is 11.2. The molecular weight excluding hydrogens is 278 g/mol. The third-order valence-electron chi connectivity index (χ3n) is 3.70. The lowest BCUT2D eigenvalue weighted by atomic mass is 10.00. The number of nitrogens with zero attached hydrogens (tertiary/aromatic N) is 3. The topological polar surface area (TPSA) is 73.8 Å². The largest absolute Gasteiger partial charge is 0.364 e. The number of aromatic nitrogens is 3. The highest BCUT2D eigenvalue weighted by atomic mass is 19.1. The number of aryl methyl sites for hydroxylation is 1. The molecule has 7 heteroatoms. The molecule has 2 rings (SSSR count). The quantitative estimate of drug-likeness (QED) is 0.943. The molecule has 0 spiro atoms. The molecule has 0 bridgehead atoms. The van der Waals surface area contributed by atoms with Crippen LogP contribution in [0.5, 0.6) is 0 Å². The van der Waals surface area contributed by atoms with Gasteiger partial charge in [0.05, 0.1) is 11.7 Å². The Balaban J connectivity index is 2.58. The van der Waals surface area contributed by atoms with E-state index in [9.17, 15) is 13.6 Å². The second-order valence-corrected chi connectivity index (χ2v) is 5.04. The smallest absolute Gasteiger partial charge is 0.271 e. The minimum Gasteiger partial charge on any atom is -0.364 e. The first-order valence-corrected chi connectivity index (χ1v) is 6.42. The van der Waals surface area contributed by atoms with Crippen LogP contribution in [0.3, 0.4) is 0 Å². The van der Waals surface area contributed by atoms with E-state index in [4.69, 9.17) is 5.73 Å². The van der Waals surface area contributed by atoms with E-state index in [1.165, 1.54) is 10.7 Å². The number of hydrogen-bond donors (Lipinski definition) is 1. The molecule has 21 heavy (non-hydrogen) atoms. The number of benzene rings is 1. The maximum atomic E-state index is 14.4. The lowest BCUT2D eigenvalue weighted by Crippen LogP contribution is -2.17. The van der Waals surface area contributed by atoms with Crippen molar-refractivity contribution in [3.63, 3.8) is 0 Å². The highest BCUT2D eigenvalue weighted by molar-refractivity contribution is 5.91. The van der Waals surface area contributed by atoms with Crippen LogP contribution in [0.25, 0.3) is 0 Å². The number of halogens is 2. The van der Waals surface area contributed by atoms with Crippen molar-refractivity contribution in [2.45, 2.75) is 33.7 Å². The normalized spacial score (nSPS) is 12.5. The number of hydrogen-bond acceptors (Lipinski definition) is 3. The Kier molecular flexibility index (Phi) is 3.76. The summed E-state index contributed by atoms with van der Waals surface area (Å²) in [5.74, 6) is -2.00. The first-order valence-electron chi connectivity index (χ1n) is 6.42. The first-order chi connectivity index (χ1) is 9.75. The monoisotopic (exact) mass is 294 g/mol. The minimum atomic E-state index is -0.745. The fraction of sp³-hybridized carbons (Fsp3) is 0.357. The number of amides is 1. The molecule has 0 fully saturated rings. The fourth-order valence-corrected chi connectivity index (χ4v) is 2.30. The third kappa shape index (κ3) is 2.39. The van der Waals surface area contributed by atoms with Crippen LogP contribution in [0.2, 0.25) is 0 Å². The molecule has 0 aliphatic carbocycles. The van der Waals surface area contributed by atoms with Gasteiger partial charge in [0.25, 0.3) is 5.91 Å². The average Bonchev–Trinajstić information content (AvgIpc) is 2.78. The van der Waals surface area contributed by atoms with Gasteiger partial charge in [0.15, 0.2) is 5.69 Å². The van der Waals surface area contributed by atoms with Crippen LogP contribution >= 0.6 is 0 Å². The van der Waals surface area contributed by atoms with Crippen LogP contribution in [-0.2, 0) is 0 Å². The van der Waals surface area contributed by atoms with Crippen LogP contribution in [-0.4, -0.2) is 20.9 Å². The van der Waals surface area contributed by atoms with E-state index in [1.807, 2.05) is 0 Å². The van der Waals surface area contributed by atoms with Gasteiger partial charge in [-0.15, -0.1) is 5.10 Å². The second-order valence-electron chi connectivity index (χ2n) is 5.04. The molecule has 0 aliphatic rings. The van der Waals surface area contributed by atoms with Crippen molar-refractivity contribution in [3.05, 3.63) is 45.8 Å². The Labute approximate surface area is 120 Å². The van der Waals surface area contributed by atoms with E-state index in [0.29, 0.717) is 16.8 Å². The molecule has 0 aliphatic heterocycles. The maximum absolute atomic E-state index is 14.4. The predicted molar refractivity (Wildman–Crippen MR) is 72.9 cm³/mol. The molecule has 1 atom stereocenters. The molecule has 1 aromatic heterocycles. The number of carbonyl (C=O) groups is 1. The van der Waals surface area contributed by atoms with E-state index in [1.54, 1.807) is 27.7 Å². The molecule has 112 valence electrons. The van der Waals surface area contributed by atoms with Crippen LogP contribution in [0.4, 0.5) is 8.78 Å². The highest BCUT2D eigenvalue weighted by Gasteiger charge is 2.24. The van der Waals surface area contributed by atoms with Gasteiger partial charge >= 0.3 is 0 Å². The van der Waals surface area contributed by atoms with Crippen LogP contribution in [0.1, 0.15) is 45.8 Å². The van der Waals surface area contributed by atoms with Crippen molar-refractivity contribution in [3.8, 4) is 0 Å². The van der Waals surface area contributed by atoms with Crippen molar-refractivity contribution in [1.82, 2.24) is 15.0 Å². The Morgan fingerprint density at radius 3 is 2.48 bits per heavy atom. The van der Waals surface area contributed by atoms with E-state index in [2.05, 4.69) is 10.3 Å². The second kappa shape index (κ2) is 5.23. The van der Waals surface area contributed by atoms with E-state index in [0.717, 1.165) is 0 Å². The molecule has 2 aromatic rings. The maximum Gasteiger partial charge on any atom is 0.271 e. The van der Waals surface area contributed by atoms with Crippen molar-refractivity contribution >= 4 is 5.91 Å². The summed E-state index contributed by atoms with van der Waals surface area (Å²) in [6, 6.07) is 0.538. The predicted octanol–water partition coefficient (Wildman–Crippen LogP) is 2.19. The Morgan fingerprint density at radius 2 is 1.95 bits per heavy atom. The molecule has 1 unspecified atom stereocenters. The van der Waals surface area contributed by atoms with Crippen LogP contribution in [0.15, 0.2) is 6.07 Å². The van der Waals surface area contributed by atoms with Gasteiger partial charge < -0.3 is 5.73 Å². The lowest BCUT2D eigenvalue weighted by Gasteiger charge is -2.17. The van der Waals surface area contributed by atoms with E-state index < -0.39 is 23.6 Å². The Morgan fingerprint density at radius 1 is 1.33 bits per heavy atom. The molecule has 2 N–H and O–H groups in total. The van der Waals surface area contributed by atoms with Gasteiger partial charge in [-0.3, -0.25) is 4.79 Å².